The highest BCUT2D eigenvalue weighted by atomic mass is 19.3. The third-order valence-electron chi connectivity index (χ3n) is 7.40. The molecule has 1 aliphatic rings. The van der Waals surface area contributed by atoms with Crippen molar-refractivity contribution in [2.24, 2.45) is 0 Å². The molecule has 216 valence electrons. The van der Waals surface area contributed by atoms with Gasteiger partial charge in [-0.05, 0) is 42.8 Å². The highest BCUT2D eigenvalue weighted by Gasteiger charge is 2.28. The van der Waals surface area contributed by atoms with Gasteiger partial charge in [-0.2, -0.15) is 8.78 Å². The van der Waals surface area contributed by atoms with Gasteiger partial charge in [0.2, 0.25) is 11.9 Å². The van der Waals surface area contributed by atoms with Crippen LogP contribution in [-0.2, 0) is 16.6 Å². The number of ether oxygens (including phenoxy) is 1. The average molecular weight is 582 g/mol. The molecule has 4 aromatic rings. The number of aliphatic hydroxyl groups is 1. The molecule has 43 heavy (non-hydrogen) atoms. The Kier molecular flexibility index (Phi) is 8.37. The van der Waals surface area contributed by atoms with E-state index < -0.39 is 24.0 Å². The summed E-state index contributed by atoms with van der Waals surface area (Å²) in [7, 11) is 18.0. The number of alkyl halides is 2. The van der Waals surface area contributed by atoms with E-state index in [1.165, 1.54) is 10.7 Å². The second kappa shape index (κ2) is 11.9. The van der Waals surface area contributed by atoms with Gasteiger partial charge < -0.3 is 19.6 Å². The number of halogens is 2. The van der Waals surface area contributed by atoms with Crippen molar-refractivity contribution in [3.8, 4) is 16.9 Å². The van der Waals surface area contributed by atoms with Crippen LogP contribution in [0.4, 0.5) is 14.7 Å². The normalized spacial score (nSPS) is 15.8. The molecule has 1 N–H and O–H groups in total. The molecular weight excluding hydrogens is 555 g/mol. The molecule has 1 fully saturated rings. The standard InChI is InChI=1S/C28H27B3F2N6O4/c1-16-3-6-23(43-26(32)33)19(9-16)14-38-22-10-18(4-5-21(22)25(42)39(38)28(29,30)31)20-11-34-27(35-12-20)36-7-8-37(17(2)13-36)24(41)15-40/h3-6,9-12,17,26,40H,7-8,13-15H2,1-2H3/t17-/m1/s1. The van der Waals surface area contributed by atoms with Crippen LogP contribution in [0.1, 0.15) is 18.1 Å². The fourth-order valence-electron chi connectivity index (χ4n) is 5.42. The predicted octanol–water partition coefficient (Wildman–Crippen LogP) is 1.32. The van der Waals surface area contributed by atoms with Gasteiger partial charge in [0, 0.05) is 49.2 Å². The molecule has 0 spiro atoms. The average Bonchev–Trinajstić information content (AvgIpc) is 3.24. The lowest BCUT2D eigenvalue weighted by Gasteiger charge is -2.39. The van der Waals surface area contributed by atoms with Crippen LogP contribution in [0.25, 0.3) is 22.0 Å². The van der Waals surface area contributed by atoms with Crippen molar-refractivity contribution in [3.05, 3.63) is 70.3 Å². The smallest absolute Gasteiger partial charge is 0.387 e. The molecule has 1 saturated heterocycles. The molecule has 6 radical (unpaired) electrons. The maximum absolute atomic E-state index is 13.4. The van der Waals surface area contributed by atoms with Crippen LogP contribution in [0.3, 0.4) is 0 Å². The third-order valence-corrected chi connectivity index (χ3v) is 7.40. The zero-order valence-corrected chi connectivity index (χ0v) is 23.7. The number of hydrogen-bond donors (Lipinski definition) is 1. The molecule has 1 aliphatic heterocycles. The Morgan fingerprint density at radius 3 is 2.47 bits per heavy atom. The molecule has 3 heterocycles. The lowest BCUT2D eigenvalue weighted by atomic mass is 9.49. The van der Waals surface area contributed by atoms with Gasteiger partial charge in [-0.25, -0.2) is 9.97 Å². The van der Waals surface area contributed by atoms with E-state index in [0.717, 1.165) is 10.2 Å². The number of aryl methyl sites for hydroxylation is 1. The van der Waals surface area contributed by atoms with E-state index in [1.807, 2.05) is 11.8 Å². The molecule has 0 aliphatic carbocycles. The maximum atomic E-state index is 13.4. The zero-order chi connectivity index (χ0) is 31.1. The number of anilines is 1. The summed E-state index contributed by atoms with van der Waals surface area (Å²) in [5.41, 5.74) is 2.31. The Morgan fingerprint density at radius 1 is 1.12 bits per heavy atom. The number of carbonyl (C=O) groups excluding carboxylic acids is 1. The minimum Gasteiger partial charge on any atom is -0.434 e. The van der Waals surface area contributed by atoms with Crippen molar-refractivity contribution in [2.45, 2.75) is 38.3 Å². The van der Waals surface area contributed by atoms with Gasteiger partial charge in [-0.15, -0.1) is 0 Å². The van der Waals surface area contributed by atoms with Crippen LogP contribution in [0.5, 0.6) is 5.75 Å². The van der Waals surface area contributed by atoms with E-state index in [4.69, 9.17) is 28.3 Å². The number of carbonyl (C=O) groups is 1. The van der Waals surface area contributed by atoms with Crippen molar-refractivity contribution in [3.63, 3.8) is 0 Å². The predicted molar refractivity (Wildman–Crippen MR) is 160 cm³/mol. The number of aromatic nitrogens is 4. The summed E-state index contributed by atoms with van der Waals surface area (Å²) in [6.45, 7) is 1.47. The van der Waals surface area contributed by atoms with Crippen LogP contribution in [0, 0.1) is 6.92 Å². The molecular formula is C28H27B3F2N6O4. The summed E-state index contributed by atoms with van der Waals surface area (Å²) in [4.78, 5) is 38.0. The second-order valence-electron chi connectivity index (χ2n) is 10.6. The van der Waals surface area contributed by atoms with E-state index in [-0.39, 0.29) is 29.6 Å². The summed E-state index contributed by atoms with van der Waals surface area (Å²) < 4.78 is 33.5. The first kappa shape index (κ1) is 30.3. The molecule has 10 nitrogen and oxygen atoms in total. The molecule has 0 bridgehead atoms. The highest BCUT2D eigenvalue weighted by Crippen LogP contribution is 2.28. The Bertz CT molecular complexity index is 1710. The second-order valence-corrected chi connectivity index (χ2v) is 10.6. The number of aliphatic hydroxyl groups excluding tert-OH is 1. The van der Waals surface area contributed by atoms with Crippen molar-refractivity contribution in [1.29, 1.82) is 0 Å². The fraction of sp³-hybridized carbons (Fsp3) is 0.357. The van der Waals surface area contributed by atoms with E-state index in [1.54, 1.807) is 54.5 Å². The number of benzene rings is 2. The van der Waals surface area contributed by atoms with Crippen LogP contribution in [0.2, 0.25) is 0 Å². The Hall–Kier alpha value is -4.13. The molecule has 1 amide bonds. The summed E-state index contributed by atoms with van der Waals surface area (Å²) in [6.07, 6.45) is 3.29. The highest BCUT2D eigenvalue weighted by molar-refractivity contribution is 6.56. The molecule has 15 heteroatoms. The van der Waals surface area contributed by atoms with E-state index in [0.29, 0.717) is 47.8 Å². The van der Waals surface area contributed by atoms with E-state index in [9.17, 15) is 23.5 Å². The van der Waals surface area contributed by atoms with Gasteiger partial charge in [0.25, 0.3) is 5.56 Å². The van der Waals surface area contributed by atoms with Crippen molar-refractivity contribution < 1.29 is 23.4 Å². The topological polar surface area (TPSA) is 106 Å². The fourth-order valence-corrected chi connectivity index (χ4v) is 5.42. The van der Waals surface area contributed by atoms with Crippen molar-refractivity contribution in [2.75, 3.05) is 31.1 Å². The van der Waals surface area contributed by atoms with Crippen molar-refractivity contribution in [1.82, 2.24) is 24.2 Å². The van der Waals surface area contributed by atoms with Gasteiger partial charge >= 0.3 is 6.61 Å². The van der Waals surface area contributed by atoms with Crippen LogP contribution < -0.4 is 15.2 Å². The number of piperazine rings is 1. The lowest BCUT2D eigenvalue weighted by molar-refractivity contribution is -0.136. The molecule has 1 atom stereocenters. The Labute approximate surface area is 250 Å². The van der Waals surface area contributed by atoms with E-state index >= 15 is 0 Å². The van der Waals surface area contributed by atoms with Crippen LogP contribution in [-0.4, -0.2) is 97.7 Å². The minimum atomic E-state index is -3.05. The summed E-state index contributed by atoms with van der Waals surface area (Å²) in [6, 6.07) is 9.66. The first-order valence-electron chi connectivity index (χ1n) is 13.5. The Balaban J connectivity index is 1.51. The third kappa shape index (κ3) is 6.17. The minimum absolute atomic E-state index is 0.0610. The number of hydrogen-bond acceptors (Lipinski definition) is 7. The van der Waals surface area contributed by atoms with Crippen LogP contribution >= 0.6 is 0 Å². The van der Waals surface area contributed by atoms with Gasteiger partial charge in [0.05, 0.1) is 41.0 Å². The quantitative estimate of drug-likeness (QED) is 0.313. The molecule has 5 rings (SSSR count). The SMILES string of the molecule is [B]C([B])([B])n1c(=O)c2ccc(-c3cnc(N4CCN(C(=O)CO)[C@H](C)C4)nc3)cc2n1Cc1cc(C)ccc1OC(F)F. The largest absolute Gasteiger partial charge is 0.434 e. The molecule has 0 saturated carbocycles. The maximum Gasteiger partial charge on any atom is 0.387 e. The van der Waals surface area contributed by atoms with E-state index in [2.05, 4.69) is 9.97 Å². The Morgan fingerprint density at radius 2 is 1.84 bits per heavy atom. The number of rotatable bonds is 8. The van der Waals surface area contributed by atoms with Gasteiger partial charge in [0.15, 0.2) is 0 Å². The van der Waals surface area contributed by atoms with Gasteiger partial charge in [0.1, 0.15) is 12.4 Å². The molecule has 2 aromatic heterocycles. The summed E-state index contributed by atoms with van der Waals surface area (Å²) in [5, 5.41) is 7.36. The summed E-state index contributed by atoms with van der Waals surface area (Å²) >= 11 is 0. The monoisotopic (exact) mass is 582 g/mol. The zero-order valence-electron chi connectivity index (χ0n) is 23.7. The van der Waals surface area contributed by atoms with Crippen LogP contribution in [0.15, 0.2) is 53.6 Å². The number of fused-ring (bicyclic) bond motifs is 1. The number of nitrogens with zero attached hydrogens (tertiary/aromatic N) is 6. The van der Waals surface area contributed by atoms with Crippen molar-refractivity contribution >= 4 is 46.3 Å². The molecule has 0 unspecified atom stereocenters. The first-order valence-corrected chi connectivity index (χ1v) is 13.5. The van der Waals surface area contributed by atoms with Gasteiger partial charge in [-0.1, -0.05) is 23.8 Å². The van der Waals surface area contributed by atoms with Gasteiger partial charge in [-0.3, -0.25) is 19.0 Å². The summed E-state index contributed by atoms with van der Waals surface area (Å²) in [5.74, 6) is 0.109. The first-order chi connectivity index (χ1) is 20.4. The molecule has 2 aromatic carbocycles. The number of amides is 1. The lowest BCUT2D eigenvalue weighted by Crippen LogP contribution is -2.55.